The SMILES string of the molecule is Cc1ccc(N2C[C@@H](NC(=O)N3CCC[C@H](C)C3)CC2=O)cc1C. The van der Waals surface area contributed by atoms with Gasteiger partial charge < -0.3 is 15.1 Å². The molecule has 2 aliphatic heterocycles. The van der Waals surface area contributed by atoms with Gasteiger partial charge in [-0.15, -0.1) is 0 Å². The highest BCUT2D eigenvalue weighted by Crippen LogP contribution is 2.24. The van der Waals surface area contributed by atoms with Crippen molar-refractivity contribution in [2.75, 3.05) is 24.5 Å². The number of likely N-dealkylation sites (tertiary alicyclic amines) is 1. The topological polar surface area (TPSA) is 52.7 Å². The van der Waals surface area contributed by atoms with Gasteiger partial charge in [-0.1, -0.05) is 13.0 Å². The molecule has 2 heterocycles. The third kappa shape index (κ3) is 3.55. The Bertz CT molecular complexity index is 643. The zero-order chi connectivity index (χ0) is 17.3. The van der Waals surface area contributed by atoms with Gasteiger partial charge in [0.05, 0.1) is 6.04 Å². The lowest BCUT2D eigenvalue weighted by molar-refractivity contribution is -0.117. The van der Waals surface area contributed by atoms with E-state index in [1.165, 1.54) is 17.5 Å². The highest BCUT2D eigenvalue weighted by molar-refractivity contribution is 5.96. The first kappa shape index (κ1) is 16.8. The third-order valence-electron chi connectivity index (χ3n) is 5.20. The quantitative estimate of drug-likeness (QED) is 0.907. The van der Waals surface area contributed by atoms with Gasteiger partial charge in [0.15, 0.2) is 0 Å². The lowest BCUT2D eigenvalue weighted by Gasteiger charge is -2.31. The van der Waals surface area contributed by atoms with Crippen LogP contribution < -0.4 is 10.2 Å². The molecule has 130 valence electrons. The largest absolute Gasteiger partial charge is 0.333 e. The van der Waals surface area contributed by atoms with Crippen molar-refractivity contribution in [3.63, 3.8) is 0 Å². The summed E-state index contributed by atoms with van der Waals surface area (Å²) < 4.78 is 0. The van der Waals surface area contributed by atoms with Gasteiger partial charge in [0.25, 0.3) is 0 Å². The molecule has 2 fully saturated rings. The molecule has 1 N–H and O–H groups in total. The van der Waals surface area contributed by atoms with Crippen molar-refractivity contribution in [3.8, 4) is 0 Å². The summed E-state index contributed by atoms with van der Waals surface area (Å²) in [7, 11) is 0. The number of nitrogens with zero attached hydrogens (tertiary/aromatic N) is 2. The van der Waals surface area contributed by atoms with Crippen LogP contribution in [0.1, 0.15) is 37.3 Å². The summed E-state index contributed by atoms with van der Waals surface area (Å²) in [5.41, 5.74) is 3.32. The summed E-state index contributed by atoms with van der Waals surface area (Å²) in [6.45, 7) is 8.48. The van der Waals surface area contributed by atoms with Gasteiger partial charge in [0.2, 0.25) is 5.91 Å². The Hall–Kier alpha value is -2.04. The first-order valence-corrected chi connectivity index (χ1v) is 8.87. The van der Waals surface area contributed by atoms with Gasteiger partial charge in [-0.05, 0) is 55.9 Å². The minimum absolute atomic E-state index is 0.0266. The van der Waals surface area contributed by atoms with Crippen LogP contribution in [-0.2, 0) is 4.79 Å². The first-order valence-electron chi connectivity index (χ1n) is 8.87. The molecule has 24 heavy (non-hydrogen) atoms. The van der Waals surface area contributed by atoms with Crippen LogP contribution in [0.25, 0.3) is 0 Å². The van der Waals surface area contributed by atoms with Crippen molar-refractivity contribution < 1.29 is 9.59 Å². The van der Waals surface area contributed by atoms with Crippen molar-refractivity contribution in [2.24, 2.45) is 5.92 Å². The van der Waals surface area contributed by atoms with Crippen LogP contribution in [0, 0.1) is 19.8 Å². The molecule has 5 heteroatoms. The van der Waals surface area contributed by atoms with E-state index in [9.17, 15) is 9.59 Å². The van der Waals surface area contributed by atoms with Crippen molar-refractivity contribution in [1.82, 2.24) is 10.2 Å². The van der Waals surface area contributed by atoms with Crippen molar-refractivity contribution in [1.29, 1.82) is 0 Å². The smallest absolute Gasteiger partial charge is 0.317 e. The molecule has 5 nitrogen and oxygen atoms in total. The average Bonchev–Trinajstić information content (AvgIpc) is 2.90. The van der Waals surface area contributed by atoms with Crippen LogP contribution in [-0.4, -0.2) is 42.5 Å². The Balaban J connectivity index is 1.62. The van der Waals surface area contributed by atoms with Crippen LogP contribution in [0.2, 0.25) is 0 Å². The van der Waals surface area contributed by atoms with E-state index in [2.05, 4.69) is 26.1 Å². The molecule has 0 unspecified atom stereocenters. The number of rotatable bonds is 2. The molecule has 2 aliphatic rings. The molecular weight excluding hydrogens is 302 g/mol. The van der Waals surface area contributed by atoms with Crippen molar-refractivity contribution in [3.05, 3.63) is 29.3 Å². The molecule has 0 saturated carbocycles. The summed E-state index contributed by atoms with van der Waals surface area (Å²) >= 11 is 0. The van der Waals surface area contributed by atoms with Crippen LogP contribution in [0.15, 0.2) is 18.2 Å². The van der Waals surface area contributed by atoms with E-state index in [4.69, 9.17) is 0 Å². The Labute approximate surface area is 144 Å². The summed E-state index contributed by atoms with van der Waals surface area (Å²) in [4.78, 5) is 28.5. The summed E-state index contributed by atoms with van der Waals surface area (Å²) in [6, 6.07) is 5.93. The fraction of sp³-hybridized carbons (Fsp3) is 0.579. The summed E-state index contributed by atoms with van der Waals surface area (Å²) in [6.07, 6.45) is 2.63. The van der Waals surface area contributed by atoms with E-state index in [1.807, 2.05) is 23.1 Å². The number of carbonyl (C=O) groups is 2. The highest BCUT2D eigenvalue weighted by atomic mass is 16.2. The molecule has 1 aromatic rings. The van der Waals surface area contributed by atoms with Gasteiger partial charge in [-0.25, -0.2) is 4.79 Å². The fourth-order valence-electron chi connectivity index (χ4n) is 3.59. The molecule has 3 rings (SSSR count). The van der Waals surface area contributed by atoms with Gasteiger partial charge in [-0.2, -0.15) is 0 Å². The van der Waals surface area contributed by atoms with E-state index in [1.54, 1.807) is 4.90 Å². The van der Waals surface area contributed by atoms with E-state index < -0.39 is 0 Å². The Kier molecular flexibility index (Phi) is 4.78. The maximum absolute atomic E-state index is 12.4. The summed E-state index contributed by atoms with van der Waals surface area (Å²) in [5, 5.41) is 3.05. The second-order valence-electron chi connectivity index (χ2n) is 7.32. The Morgan fingerprint density at radius 3 is 2.71 bits per heavy atom. The number of amides is 3. The van der Waals surface area contributed by atoms with Crippen molar-refractivity contribution >= 4 is 17.6 Å². The number of anilines is 1. The van der Waals surface area contributed by atoms with Crippen molar-refractivity contribution in [2.45, 2.75) is 46.1 Å². The molecule has 0 spiro atoms. The molecule has 1 aromatic carbocycles. The van der Waals surface area contributed by atoms with Crippen LogP contribution in [0.5, 0.6) is 0 Å². The maximum atomic E-state index is 12.4. The standard InChI is InChI=1S/C19H27N3O2/c1-13-5-4-8-21(11-13)19(24)20-16-10-18(23)22(12-16)17-7-6-14(2)15(3)9-17/h6-7,9,13,16H,4-5,8,10-12H2,1-3H3,(H,20,24)/t13-,16-/m0/s1. The van der Waals surface area contributed by atoms with E-state index in [0.29, 0.717) is 18.9 Å². The molecule has 0 bridgehead atoms. The van der Waals surface area contributed by atoms with Gasteiger partial charge >= 0.3 is 6.03 Å². The molecular formula is C19H27N3O2. The summed E-state index contributed by atoms with van der Waals surface area (Å²) in [5.74, 6) is 0.636. The first-order chi connectivity index (χ1) is 11.4. The molecule has 0 aliphatic carbocycles. The lowest BCUT2D eigenvalue weighted by Crippen LogP contribution is -2.49. The molecule has 0 aromatic heterocycles. The number of hydrogen-bond acceptors (Lipinski definition) is 2. The van der Waals surface area contributed by atoms with Gasteiger partial charge in [-0.3, -0.25) is 4.79 Å². The second kappa shape index (κ2) is 6.83. The maximum Gasteiger partial charge on any atom is 0.317 e. The molecule has 2 atom stereocenters. The van der Waals surface area contributed by atoms with Crippen LogP contribution in [0.3, 0.4) is 0 Å². The van der Waals surface area contributed by atoms with E-state index in [-0.39, 0.29) is 18.0 Å². The van der Waals surface area contributed by atoms with Crippen LogP contribution >= 0.6 is 0 Å². The number of benzene rings is 1. The second-order valence-corrected chi connectivity index (χ2v) is 7.32. The number of carbonyl (C=O) groups excluding carboxylic acids is 2. The zero-order valence-electron chi connectivity index (χ0n) is 14.8. The predicted octanol–water partition coefficient (Wildman–Crippen LogP) is 2.85. The lowest BCUT2D eigenvalue weighted by atomic mass is 10.0. The Morgan fingerprint density at radius 2 is 2.00 bits per heavy atom. The van der Waals surface area contributed by atoms with E-state index in [0.717, 1.165) is 25.2 Å². The zero-order valence-corrected chi connectivity index (χ0v) is 14.8. The average molecular weight is 329 g/mol. The number of aryl methyl sites for hydroxylation is 2. The third-order valence-corrected chi connectivity index (χ3v) is 5.20. The molecule has 3 amide bonds. The number of nitrogens with one attached hydrogen (secondary N) is 1. The van der Waals surface area contributed by atoms with Gasteiger partial charge in [0, 0.05) is 31.7 Å². The minimum Gasteiger partial charge on any atom is -0.333 e. The highest BCUT2D eigenvalue weighted by Gasteiger charge is 2.33. The molecule has 2 saturated heterocycles. The molecule has 0 radical (unpaired) electrons. The monoisotopic (exact) mass is 329 g/mol. The van der Waals surface area contributed by atoms with Gasteiger partial charge in [0.1, 0.15) is 0 Å². The van der Waals surface area contributed by atoms with E-state index >= 15 is 0 Å². The number of urea groups is 1. The fourth-order valence-corrected chi connectivity index (χ4v) is 3.59. The number of hydrogen-bond donors (Lipinski definition) is 1. The minimum atomic E-state index is -0.108. The van der Waals surface area contributed by atoms with Crippen LogP contribution in [0.4, 0.5) is 10.5 Å². The Morgan fingerprint density at radius 1 is 1.21 bits per heavy atom. The normalized spacial score (nSPS) is 24.4. The number of piperidine rings is 1. The predicted molar refractivity (Wildman–Crippen MR) is 95.2 cm³/mol.